The molecule has 3 aromatic heterocycles. The number of hydrogen-bond donors (Lipinski definition) is 0. The molecule has 3 aromatic rings. The molecule has 4 heterocycles. The van der Waals surface area contributed by atoms with Gasteiger partial charge in [0, 0.05) is 37.5 Å². The molecular weight excluding hydrogens is 328 g/mol. The molecule has 0 atom stereocenters. The molecular formula is C16H15ClN6O. The van der Waals surface area contributed by atoms with Gasteiger partial charge in [0.1, 0.15) is 18.2 Å². The van der Waals surface area contributed by atoms with E-state index in [0.29, 0.717) is 11.0 Å². The molecule has 0 bridgehead atoms. The monoisotopic (exact) mass is 342 g/mol. The first-order chi connectivity index (χ1) is 11.8. The highest BCUT2D eigenvalue weighted by Gasteiger charge is 2.23. The van der Waals surface area contributed by atoms with E-state index >= 15 is 0 Å². The Morgan fingerprint density at radius 2 is 1.83 bits per heavy atom. The average Bonchev–Trinajstić information content (AvgIpc) is 2.64. The molecule has 0 saturated carbocycles. The highest BCUT2D eigenvalue weighted by molar-refractivity contribution is 6.30. The first kappa shape index (κ1) is 15.0. The molecule has 0 radical (unpaired) electrons. The average molecular weight is 343 g/mol. The van der Waals surface area contributed by atoms with Gasteiger partial charge in [-0.3, -0.25) is 4.98 Å². The summed E-state index contributed by atoms with van der Waals surface area (Å²) in [4.78, 5) is 23.3. The molecule has 0 aliphatic carbocycles. The number of rotatable bonds is 3. The molecule has 0 aromatic carbocycles. The smallest absolute Gasteiger partial charge is 0.316 e. The van der Waals surface area contributed by atoms with Gasteiger partial charge in [-0.25, -0.2) is 19.9 Å². The van der Waals surface area contributed by atoms with Crippen molar-refractivity contribution >= 4 is 28.3 Å². The van der Waals surface area contributed by atoms with Crippen LogP contribution in [0.4, 0.5) is 5.82 Å². The van der Waals surface area contributed by atoms with Crippen molar-refractivity contribution in [1.29, 1.82) is 0 Å². The van der Waals surface area contributed by atoms with Crippen LogP contribution in [0.2, 0.25) is 5.02 Å². The van der Waals surface area contributed by atoms with Crippen molar-refractivity contribution in [2.45, 2.75) is 18.9 Å². The van der Waals surface area contributed by atoms with Gasteiger partial charge in [-0.1, -0.05) is 11.6 Å². The number of ether oxygens (including phenoxy) is 1. The Morgan fingerprint density at radius 3 is 2.62 bits per heavy atom. The molecule has 0 N–H and O–H groups in total. The van der Waals surface area contributed by atoms with Crippen LogP contribution >= 0.6 is 11.6 Å². The normalized spacial score (nSPS) is 15.6. The zero-order valence-electron chi connectivity index (χ0n) is 12.8. The van der Waals surface area contributed by atoms with E-state index in [9.17, 15) is 0 Å². The predicted molar refractivity (Wildman–Crippen MR) is 90.2 cm³/mol. The maximum Gasteiger partial charge on any atom is 0.316 e. The highest BCUT2D eigenvalue weighted by atomic mass is 35.5. The first-order valence-corrected chi connectivity index (χ1v) is 8.11. The lowest BCUT2D eigenvalue weighted by molar-refractivity contribution is 0.156. The van der Waals surface area contributed by atoms with E-state index in [-0.39, 0.29) is 6.10 Å². The Kier molecular flexibility index (Phi) is 4.08. The summed E-state index contributed by atoms with van der Waals surface area (Å²) in [7, 11) is 0. The summed E-state index contributed by atoms with van der Waals surface area (Å²) in [6.45, 7) is 1.71. The Hall–Kier alpha value is -2.54. The summed E-state index contributed by atoms with van der Waals surface area (Å²) in [6.07, 6.45) is 10.0. The molecule has 1 fully saturated rings. The third-order valence-corrected chi connectivity index (χ3v) is 4.22. The number of hydrogen-bond acceptors (Lipinski definition) is 7. The third kappa shape index (κ3) is 3.07. The van der Waals surface area contributed by atoms with Crippen LogP contribution in [-0.4, -0.2) is 44.1 Å². The molecule has 0 unspecified atom stereocenters. The zero-order chi connectivity index (χ0) is 16.4. The predicted octanol–water partition coefficient (Wildman–Crippen LogP) is 2.52. The number of fused-ring (bicyclic) bond motifs is 1. The van der Waals surface area contributed by atoms with E-state index in [4.69, 9.17) is 16.3 Å². The number of halogens is 1. The lowest BCUT2D eigenvalue weighted by atomic mass is 10.1. The van der Waals surface area contributed by atoms with Crippen LogP contribution in [0, 0.1) is 0 Å². The molecule has 0 amide bonds. The van der Waals surface area contributed by atoms with Crippen LogP contribution in [0.15, 0.2) is 37.2 Å². The van der Waals surface area contributed by atoms with Crippen molar-refractivity contribution in [2.24, 2.45) is 0 Å². The Bertz CT molecular complexity index is 830. The van der Waals surface area contributed by atoms with Gasteiger partial charge in [-0.2, -0.15) is 0 Å². The van der Waals surface area contributed by atoms with E-state index in [1.807, 2.05) is 6.07 Å². The van der Waals surface area contributed by atoms with Crippen molar-refractivity contribution in [3.63, 3.8) is 0 Å². The van der Waals surface area contributed by atoms with Gasteiger partial charge in [0.05, 0.1) is 29.1 Å². The van der Waals surface area contributed by atoms with Gasteiger partial charge < -0.3 is 9.64 Å². The van der Waals surface area contributed by atoms with Gasteiger partial charge in [0.25, 0.3) is 0 Å². The van der Waals surface area contributed by atoms with Gasteiger partial charge in [0.15, 0.2) is 0 Å². The van der Waals surface area contributed by atoms with Gasteiger partial charge in [0.2, 0.25) is 0 Å². The maximum atomic E-state index is 5.83. The number of pyridine rings is 1. The number of piperidine rings is 1. The van der Waals surface area contributed by atoms with Crippen LogP contribution in [0.3, 0.4) is 0 Å². The molecule has 7 nitrogen and oxygen atoms in total. The largest absolute Gasteiger partial charge is 0.460 e. The van der Waals surface area contributed by atoms with Crippen LogP contribution in [-0.2, 0) is 0 Å². The minimum atomic E-state index is 0.0946. The standard InChI is InChI=1S/C16H15ClN6O/c17-11-7-19-16(20-8-11)24-12-2-5-23(6-3-12)15-13-1-4-18-9-14(13)21-10-22-15/h1,4,7-10,12H,2-3,5-6H2. The Balaban J connectivity index is 1.45. The SMILES string of the molecule is Clc1cnc(OC2CCN(c3ncnc4cnccc34)CC2)nc1. The molecule has 1 saturated heterocycles. The lowest BCUT2D eigenvalue weighted by Gasteiger charge is -2.32. The summed E-state index contributed by atoms with van der Waals surface area (Å²) in [6, 6.07) is 2.32. The number of aromatic nitrogens is 5. The van der Waals surface area contributed by atoms with Gasteiger partial charge in [-0.15, -0.1) is 0 Å². The topological polar surface area (TPSA) is 76.9 Å². The summed E-state index contributed by atoms with van der Waals surface area (Å²) in [5.41, 5.74) is 0.857. The fourth-order valence-electron chi connectivity index (χ4n) is 2.84. The minimum Gasteiger partial charge on any atom is -0.460 e. The Labute approximate surface area is 143 Å². The Morgan fingerprint density at radius 1 is 1.04 bits per heavy atom. The summed E-state index contributed by atoms with van der Waals surface area (Å²) in [5, 5.41) is 1.52. The molecule has 122 valence electrons. The van der Waals surface area contributed by atoms with E-state index in [0.717, 1.165) is 42.7 Å². The fourth-order valence-corrected chi connectivity index (χ4v) is 2.94. The summed E-state index contributed by atoms with van der Waals surface area (Å²) >= 11 is 5.79. The van der Waals surface area contributed by atoms with Crippen LogP contribution < -0.4 is 9.64 Å². The second-order valence-corrected chi connectivity index (χ2v) is 6.01. The van der Waals surface area contributed by atoms with Gasteiger partial charge >= 0.3 is 6.01 Å². The van der Waals surface area contributed by atoms with Crippen LogP contribution in [0.5, 0.6) is 6.01 Å². The van der Waals surface area contributed by atoms with Gasteiger partial charge in [-0.05, 0) is 6.07 Å². The fraction of sp³-hybridized carbons (Fsp3) is 0.312. The van der Waals surface area contributed by atoms with E-state index in [2.05, 4.69) is 29.8 Å². The first-order valence-electron chi connectivity index (χ1n) is 7.73. The number of anilines is 1. The highest BCUT2D eigenvalue weighted by Crippen LogP contribution is 2.26. The van der Waals surface area contributed by atoms with E-state index in [1.165, 1.54) is 0 Å². The van der Waals surface area contributed by atoms with E-state index < -0.39 is 0 Å². The van der Waals surface area contributed by atoms with E-state index in [1.54, 1.807) is 31.1 Å². The molecule has 0 spiro atoms. The van der Waals surface area contributed by atoms with Crippen molar-refractivity contribution < 1.29 is 4.74 Å². The van der Waals surface area contributed by atoms with Crippen molar-refractivity contribution in [3.05, 3.63) is 42.2 Å². The van der Waals surface area contributed by atoms with Crippen LogP contribution in [0.1, 0.15) is 12.8 Å². The maximum absolute atomic E-state index is 5.83. The zero-order valence-corrected chi connectivity index (χ0v) is 13.6. The molecule has 1 aliphatic heterocycles. The molecule has 1 aliphatic rings. The second-order valence-electron chi connectivity index (χ2n) is 5.58. The summed E-state index contributed by atoms with van der Waals surface area (Å²) in [5.74, 6) is 0.948. The second kappa shape index (κ2) is 6.52. The molecule has 4 rings (SSSR count). The van der Waals surface area contributed by atoms with Crippen molar-refractivity contribution in [3.8, 4) is 6.01 Å². The van der Waals surface area contributed by atoms with Crippen molar-refractivity contribution in [1.82, 2.24) is 24.9 Å². The van der Waals surface area contributed by atoms with Crippen molar-refractivity contribution in [2.75, 3.05) is 18.0 Å². The molecule has 8 heteroatoms. The quantitative estimate of drug-likeness (QED) is 0.723. The minimum absolute atomic E-state index is 0.0946. The lowest BCUT2D eigenvalue weighted by Crippen LogP contribution is -2.39. The summed E-state index contributed by atoms with van der Waals surface area (Å²) < 4.78 is 5.83. The molecule has 24 heavy (non-hydrogen) atoms. The number of nitrogens with zero attached hydrogens (tertiary/aromatic N) is 6. The van der Waals surface area contributed by atoms with Crippen LogP contribution in [0.25, 0.3) is 10.9 Å². The third-order valence-electron chi connectivity index (χ3n) is 4.03.